The van der Waals surface area contributed by atoms with E-state index in [1.165, 1.54) is 7.11 Å². The standard InChI is InChI=1S/C11H20O3/c1-7(2)9(6-10(12)14-5)11(13)8(3)4/h7-9H,6H2,1-5H3/t9-/m0/s1. The molecular formula is C11H20O3. The topological polar surface area (TPSA) is 43.4 Å². The molecule has 0 aromatic rings. The Kier molecular flexibility index (Phi) is 5.43. The van der Waals surface area contributed by atoms with Crippen molar-refractivity contribution in [2.45, 2.75) is 34.1 Å². The highest BCUT2D eigenvalue weighted by atomic mass is 16.5. The van der Waals surface area contributed by atoms with Crippen LogP contribution in [0.3, 0.4) is 0 Å². The summed E-state index contributed by atoms with van der Waals surface area (Å²) in [4.78, 5) is 22.8. The van der Waals surface area contributed by atoms with Crippen LogP contribution in [0.15, 0.2) is 0 Å². The Morgan fingerprint density at radius 1 is 1.14 bits per heavy atom. The average molecular weight is 200 g/mol. The van der Waals surface area contributed by atoms with Gasteiger partial charge in [0.2, 0.25) is 0 Å². The molecule has 0 fully saturated rings. The molecule has 1 atom stereocenters. The van der Waals surface area contributed by atoms with Crippen LogP contribution in [0.25, 0.3) is 0 Å². The van der Waals surface area contributed by atoms with Gasteiger partial charge in [-0.15, -0.1) is 0 Å². The molecular weight excluding hydrogens is 180 g/mol. The second kappa shape index (κ2) is 5.78. The zero-order valence-electron chi connectivity index (χ0n) is 9.66. The van der Waals surface area contributed by atoms with Crippen molar-refractivity contribution in [2.75, 3.05) is 7.11 Å². The predicted octanol–water partition coefficient (Wildman–Crippen LogP) is 2.05. The number of ether oxygens (including phenoxy) is 1. The monoisotopic (exact) mass is 200 g/mol. The SMILES string of the molecule is COC(=O)C[C@H](C(=O)C(C)C)C(C)C. The van der Waals surface area contributed by atoms with Crippen LogP contribution in [-0.2, 0) is 14.3 Å². The van der Waals surface area contributed by atoms with Crippen molar-refractivity contribution in [3.05, 3.63) is 0 Å². The third-order valence-electron chi connectivity index (χ3n) is 2.35. The van der Waals surface area contributed by atoms with E-state index >= 15 is 0 Å². The Labute approximate surface area is 85.8 Å². The van der Waals surface area contributed by atoms with E-state index in [0.29, 0.717) is 0 Å². The first-order chi connectivity index (χ1) is 6.40. The molecule has 0 radical (unpaired) electrons. The van der Waals surface area contributed by atoms with Crippen LogP contribution in [-0.4, -0.2) is 18.9 Å². The molecule has 0 amide bonds. The summed E-state index contributed by atoms with van der Waals surface area (Å²) in [6.07, 6.45) is 0.200. The fourth-order valence-electron chi connectivity index (χ4n) is 1.36. The van der Waals surface area contributed by atoms with E-state index in [1.807, 2.05) is 27.7 Å². The van der Waals surface area contributed by atoms with Crippen LogP contribution in [0.1, 0.15) is 34.1 Å². The molecule has 3 nitrogen and oxygen atoms in total. The lowest BCUT2D eigenvalue weighted by Gasteiger charge is -2.20. The lowest BCUT2D eigenvalue weighted by molar-refractivity contribution is -0.145. The van der Waals surface area contributed by atoms with Crippen LogP contribution in [0.2, 0.25) is 0 Å². The molecule has 0 N–H and O–H groups in total. The highest BCUT2D eigenvalue weighted by molar-refractivity contribution is 5.86. The van der Waals surface area contributed by atoms with Gasteiger partial charge in [0.15, 0.2) is 0 Å². The van der Waals surface area contributed by atoms with E-state index in [9.17, 15) is 9.59 Å². The molecule has 0 saturated carbocycles. The first-order valence-electron chi connectivity index (χ1n) is 5.00. The quantitative estimate of drug-likeness (QED) is 0.638. The zero-order chi connectivity index (χ0) is 11.3. The summed E-state index contributed by atoms with van der Waals surface area (Å²) in [6.45, 7) is 7.62. The van der Waals surface area contributed by atoms with E-state index in [4.69, 9.17) is 0 Å². The molecule has 0 rings (SSSR count). The number of ketones is 1. The van der Waals surface area contributed by atoms with Crippen LogP contribution in [0.4, 0.5) is 0 Å². The summed E-state index contributed by atoms with van der Waals surface area (Å²) in [5.41, 5.74) is 0. The van der Waals surface area contributed by atoms with Crippen molar-refractivity contribution in [3.63, 3.8) is 0 Å². The maximum absolute atomic E-state index is 11.7. The summed E-state index contributed by atoms with van der Waals surface area (Å²) < 4.78 is 4.57. The Balaban J connectivity index is 4.45. The van der Waals surface area contributed by atoms with E-state index in [1.54, 1.807) is 0 Å². The summed E-state index contributed by atoms with van der Waals surface area (Å²) in [6, 6.07) is 0. The van der Waals surface area contributed by atoms with Gasteiger partial charge in [-0.05, 0) is 5.92 Å². The van der Waals surface area contributed by atoms with E-state index in [2.05, 4.69) is 4.74 Å². The van der Waals surface area contributed by atoms with Crippen molar-refractivity contribution < 1.29 is 14.3 Å². The van der Waals surface area contributed by atoms with E-state index in [0.717, 1.165) is 0 Å². The van der Waals surface area contributed by atoms with Gasteiger partial charge < -0.3 is 4.74 Å². The van der Waals surface area contributed by atoms with Gasteiger partial charge in [-0.3, -0.25) is 9.59 Å². The number of rotatable bonds is 5. The van der Waals surface area contributed by atoms with E-state index < -0.39 is 0 Å². The highest BCUT2D eigenvalue weighted by Crippen LogP contribution is 2.20. The molecule has 0 unspecified atom stereocenters. The molecule has 0 aromatic carbocycles. The van der Waals surface area contributed by atoms with Gasteiger partial charge in [0.25, 0.3) is 0 Å². The van der Waals surface area contributed by atoms with Crippen LogP contribution in [0, 0.1) is 17.8 Å². The number of methoxy groups -OCH3 is 1. The van der Waals surface area contributed by atoms with E-state index in [-0.39, 0.29) is 35.9 Å². The maximum Gasteiger partial charge on any atom is 0.306 e. The number of carbonyl (C=O) groups is 2. The van der Waals surface area contributed by atoms with Crippen molar-refractivity contribution in [2.24, 2.45) is 17.8 Å². The first-order valence-corrected chi connectivity index (χ1v) is 5.00. The van der Waals surface area contributed by atoms with Crippen LogP contribution in [0.5, 0.6) is 0 Å². The van der Waals surface area contributed by atoms with Gasteiger partial charge in [0.05, 0.1) is 13.5 Å². The zero-order valence-corrected chi connectivity index (χ0v) is 9.66. The minimum atomic E-state index is -0.308. The fourth-order valence-corrected chi connectivity index (χ4v) is 1.36. The molecule has 0 aliphatic heterocycles. The molecule has 0 aliphatic rings. The number of hydrogen-bond acceptors (Lipinski definition) is 3. The number of carbonyl (C=O) groups excluding carboxylic acids is 2. The van der Waals surface area contributed by atoms with Crippen molar-refractivity contribution in [1.29, 1.82) is 0 Å². The summed E-state index contributed by atoms with van der Waals surface area (Å²) >= 11 is 0. The largest absolute Gasteiger partial charge is 0.469 e. The van der Waals surface area contributed by atoms with Crippen LogP contribution >= 0.6 is 0 Å². The average Bonchev–Trinajstić information content (AvgIpc) is 2.11. The normalized spacial score (nSPS) is 13.1. The minimum Gasteiger partial charge on any atom is -0.469 e. The lowest BCUT2D eigenvalue weighted by atomic mass is 9.84. The Hall–Kier alpha value is -0.860. The van der Waals surface area contributed by atoms with Gasteiger partial charge in [0, 0.05) is 11.8 Å². The molecule has 0 bridgehead atoms. The first kappa shape index (κ1) is 13.1. The third kappa shape index (κ3) is 3.90. The van der Waals surface area contributed by atoms with Gasteiger partial charge in [-0.25, -0.2) is 0 Å². The van der Waals surface area contributed by atoms with Gasteiger partial charge >= 0.3 is 5.97 Å². The van der Waals surface area contributed by atoms with Crippen molar-refractivity contribution in [3.8, 4) is 0 Å². The predicted molar refractivity (Wildman–Crippen MR) is 54.8 cm³/mol. The second-order valence-corrected chi connectivity index (χ2v) is 4.19. The number of hydrogen-bond donors (Lipinski definition) is 0. The Morgan fingerprint density at radius 3 is 1.93 bits per heavy atom. The molecule has 0 spiro atoms. The Bertz CT molecular complexity index is 207. The molecule has 0 aliphatic carbocycles. The molecule has 14 heavy (non-hydrogen) atoms. The second-order valence-electron chi connectivity index (χ2n) is 4.19. The third-order valence-corrected chi connectivity index (χ3v) is 2.35. The summed E-state index contributed by atoms with van der Waals surface area (Å²) in [5, 5.41) is 0. The fraction of sp³-hybridized carbons (Fsp3) is 0.818. The number of esters is 1. The minimum absolute atomic E-state index is 0.0212. The highest BCUT2D eigenvalue weighted by Gasteiger charge is 2.26. The molecule has 0 aromatic heterocycles. The summed E-state index contributed by atoms with van der Waals surface area (Å²) in [7, 11) is 1.35. The smallest absolute Gasteiger partial charge is 0.306 e. The molecule has 82 valence electrons. The lowest BCUT2D eigenvalue weighted by Crippen LogP contribution is -2.27. The summed E-state index contributed by atoms with van der Waals surface area (Å²) in [5.74, 6) is -0.207. The molecule has 3 heteroatoms. The molecule has 0 saturated heterocycles. The number of Topliss-reactive ketones (excluding diaryl/α,β-unsaturated/α-hetero) is 1. The maximum atomic E-state index is 11.7. The van der Waals surface area contributed by atoms with Crippen molar-refractivity contribution in [1.82, 2.24) is 0 Å². The van der Waals surface area contributed by atoms with Gasteiger partial charge in [0.1, 0.15) is 5.78 Å². The van der Waals surface area contributed by atoms with Crippen molar-refractivity contribution >= 4 is 11.8 Å². The van der Waals surface area contributed by atoms with Gasteiger partial charge in [-0.2, -0.15) is 0 Å². The Morgan fingerprint density at radius 2 is 1.64 bits per heavy atom. The van der Waals surface area contributed by atoms with Crippen LogP contribution < -0.4 is 0 Å². The molecule has 0 heterocycles. The van der Waals surface area contributed by atoms with Gasteiger partial charge in [-0.1, -0.05) is 27.7 Å².